The van der Waals surface area contributed by atoms with E-state index in [1.54, 1.807) is 19.1 Å². The topological polar surface area (TPSA) is 58.6 Å². The van der Waals surface area contributed by atoms with E-state index in [9.17, 15) is 9.90 Å². The lowest BCUT2D eigenvalue weighted by molar-refractivity contribution is -0.118. The highest BCUT2D eigenvalue weighted by Crippen LogP contribution is 2.16. The van der Waals surface area contributed by atoms with Crippen molar-refractivity contribution in [1.29, 1.82) is 0 Å². The van der Waals surface area contributed by atoms with E-state index in [1.807, 2.05) is 18.2 Å². The van der Waals surface area contributed by atoms with Gasteiger partial charge in [-0.15, -0.1) is 0 Å². The van der Waals surface area contributed by atoms with Crippen LogP contribution in [0.4, 0.5) is 0 Å². The van der Waals surface area contributed by atoms with Crippen molar-refractivity contribution in [3.8, 4) is 0 Å². The number of nitrogens with one attached hydrogen (secondary N) is 1. The number of hydrogen-bond acceptors (Lipinski definition) is 3. The second kappa shape index (κ2) is 7.28. The molecule has 0 saturated heterocycles. The van der Waals surface area contributed by atoms with Gasteiger partial charge in [0.15, 0.2) is 0 Å². The predicted molar refractivity (Wildman–Crippen MR) is 76.0 cm³/mol. The van der Waals surface area contributed by atoms with Gasteiger partial charge in [0.05, 0.1) is 6.61 Å². The Bertz CT molecular complexity index is 458. The molecule has 19 heavy (non-hydrogen) atoms. The van der Waals surface area contributed by atoms with Crippen molar-refractivity contribution in [1.82, 2.24) is 5.32 Å². The minimum Gasteiger partial charge on any atom is -0.386 e. The van der Waals surface area contributed by atoms with Crippen LogP contribution < -0.4 is 5.32 Å². The van der Waals surface area contributed by atoms with E-state index in [-0.39, 0.29) is 19.1 Å². The summed E-state index contributed by atoms with van der Waals surface area (Å²) in [5.74, 6) is -0.295. The molecule has 0 spiro atoms. The molecule has 0 aromatic heterocycles. The van der Waals surface area contributed by atoms with Crippen LogP contribution >= 0.6 is 11.6 Å². The summed E-state index contributed by atoms with van der Waals surface area (Å²) in [6.45, 7) is 1.86. The highest BCUT2D eigenvalue weighted by atomic mass is 35.5. The number of carbonyl (C=O) groups excluding carboxylic acids is 1. The Morgan fingerprint density at radius 1 is 1.53 bits per heavy atom. The normalized spacial score (nSPS) is 14.3. The van der Waals surface area contributed by atoms with Gasteiger partial charge >= 0.3 is 0 Å². The fourth-order valence-corrected chi connectivity index (χ4v) is 1.67. The zero-order valence-electron chi connectivity index (χ0n) is 11.0. The zero-order valence-corrected chi connectivity index (χ0v) is 11.8. The molecule has 1 unspecified atom stereocenters. The van der Waals surface area contributed by atoms with Crippen LogP contribution in [0.25, 0.3) is 6.08 Å². The summed E-state index contributed by atoms with van der Waals surface area (Å²) < 4.78 is 4.85. The number of aliphatic hydroxyl groups is 1. The fraction of sp³-hybridized carbons (Fsp3) is 0.357. The third-order valence-electron chi connectivity index (χ3n) is 2.42. The Morgan fingerprint density at radius 3 is 2.84 bits per heavy atom. The summed E-state index contributed by atoms with van der Waals surface area (Å²) >= 11 is 5.96. The smallest absolute Gasteiger partial charge is 0.244 e. The number of ether oxygens (including phenoxy) is 1. The maximum Gasteiger partial charge on any atom is 0.244 e. The Morgan fingerprint density at radius 2 is 2.21 bits per heavy atom. The monoisotopic (exact) mass is 283 g/mol. The van der Waals surface area contributed by atoms with Gasteiger partial charge in [-0.3, -0.25) is 4.79 Å². The van der Waals surface area contributed by atoms with Gasteiger partial charge in [-0.2, -0.15) is 0 Å². The number of hydrogen-bond donors (Lipinski definition) is 2. The Balaban J connectivity index is 2.50. The van der Waals surface area contributed by atoms with E-state index >= 15 is 0 Å². The predicted octanol–water partition coefficient (Wildman–Crippen LogP) is 1.87. The molecule has 0 heterocycles. The van der Waals surface area contributed by atoms with Gasteiger partial charge in [0.1, 0.15) is 5.60 Å². The standard InChI is InChI=1S/C14H18ClNO3/c1-14(18,10-19-2)9-16-13(17)8-7-11-5-3-4-6-12(11)15/h3-8,18H,9-10H2,1-2H3,(H,16,17). The summed E-state index contributed by atoms with van der Waals surface area (Å²) in [5, 5.41) is 13.0. The summed E-state index contributed by atoms with van der Waals surface area (Å²) in [6, 6.07) is 7.23. The maximum atomic E-state index is 11.6. The molecule has 0 aliphatic carbocycles. The van der Waals surface area contributed by atoms with Gasteiger partial charge in [0, 0.05) is 24.8 Å². The lowest BCUT2D eigenvalue weighted by Gasteiger charge is -2.21. The van der Waals surface area contributed by atoms with Crippen LogP contribution in [0.15, 0.2) is 30.3 Å². The average molecular weight is 284 g/mol. The van der Waals surface area contributed by atoms with Crippen molar-refractivity contribution >= 4 is 23.6 Å². The zero-order chi connectivity index (χ0) is 14.3. The molecule has 0 aliphatic rings. The molecule has 0 aliphatic heterocycles. The van der Waals surface area contributed by atoms with Gasteiger partial charge in [0.2, 0.25) is 5.91 Å². The number of amides is 1. The number of methoxy groups -OCH3 is 1. The molecule has 1 aromatic rings. The average Bonchev–Trinajstić information content (AvgIpc) is 2.35. The van der Waals surface area contributed by atoms with Gasteiger partial charge in [-0.05, 0) is 24.6 Å². The summed E-state index contributed by atoms with van der Waals surface area (Å²) in [4.78, 5) is 11.6. The minimum absolute atomic E-state index is 0.118. The first-order valence-electron chi connectivity index (χ1n) is 5.86. The van der Waals surface area contributed by atoms with E-state index in [0.29, 0.717) is 5.02 Å². The molecule has 1 rings (SSSR count). The molecule has 104 valence electrons. The molecule has 0 fully saturated rings. The molecule has 1 aromatic carbocycles. The molecule has 0 radical (unpaired) electrons. The van der Waals surface area contributed by atoms with Crippen molar-refractivity contribution in [3.63, 3.8) is 0 Å². The lowest BCUT2D eigenvalue weighted by atomic mass is 10.1. The second-order valence-corrected chi connectivity index (χ2v) is 4.91. The number of carbonyl (C=O) groups is 1. The largest absolute Gasteiger partial charge is 0.386 e. The maximum absolute atomic E-state index is 11.6. The summed E-state index contributed by atoms with van der Waals surface area (Å²) in [7, 11) is 1.49. The van der Waals surface area contributed by atoms with E-state index in [1.165, 1.54) is 13.2 Å². The first kappa shape index (κ1) is 15.7. The van der Waals surface area contributed by atoms with E-state index < -0.39 is 5.60 Å². The molecule has 4 nitrogen and oxygen atoms in total. The molecule has 0 saturated carbocycles. The number of rotatable bonds is 6. The fourth-order valence-electron chi connectivity index (χ4n) is 1.47. The summed E-state index contributed by atoms with van der Waals surface area (Å²) in [6.07, 6.45) is 3.01. The van der Waals surface area contributed by atoms with Crippen LogP contribution in [0.3, 0.4) is 0 Å². The van der Waals surface area contributed by atoms with E-state index in [2.05, 4.69) is 5.32 Å². The van der Waals surface area contributed by atoms with E-state index in [0.717, 1.165) is 5.56 Å². The van der Waals surface area contributed by atoms with Gasteiger partial charge in [-0.25, -0.2) is 0 Å². The van der Waals surface area contributed by atoms with Gasteiger partial charge in [0.25, 0.3) is 0 Å². The summed E-state index contributed by atoms with van der Waals surface area (Å²) in [5.41, 5.74) is -0.314. The quantitative estimate of drug-likeness (QED) is 0.784. The van der Waals surface area contributed by atoms with Crippen LogP contribution in [-0.2, 0) is 9.53 Å². The molecule has 2 N–H and O–H groups in total. The molecular formula is C14H18ClNO3. The van der Waals surface area contributed by atoms with Crippen molar-refractivity contribution in [2.45, 2.75) is 12.5 Å². The van der Waals surface area contributed by atoms with Crippen molar-refractivity contribution < 1.29 is 14.6 Å². The highest BCUT2D eigenvalue weighted by Gasteiger charge is 2.20. The van der Waals surface area contributed by atoms with Crippen LogP contribution in [0.1, 0.15) is 12.5 Å². The van der Waals surface area contributed by atoms with Crippen LogP contribution in [-0.4, -0.2) is 36.9 Å². The minimum atomic E-state index is -1.08. The van der Waals surface area contributed by atoms with Crippen LogP contribution in [0.2, 0.25) is 5.02 Å². The Labute approximate surface area is 118 Å². The van der Waals surface area contributed by atoms with Crippen LogP contribution in [0.5, 0.6) is 0 Å². The third kappa shape index (κ3) is 5.87. The van der Waals surface area contributed by atoms with E-state index in [4.69, 9.17) is 16.3 Å². The molecule has 1 amide bonds. The molecular weight excluding hydrogens is 266 g/mol. The first-order chi connectivity index (χ1) is 8.94. The van der Waals surface area contributed by atoms with Crippen molar-refractivity contribution in [2.75, 3.05) is 20.3 Å². The van der Waals surface area contributed by atoms with Crippen molar-refractivity contribution in [2.24, 2.45) is 0 Å². The highest BCUT2D eigenvalue weighted by molar-refractivity contribution is 6.32. The first-order valence-corrected chi connectivity index (χ1v) is 6.24. The molecule has 1 atom stereocenters. The SMILES string of the molecule is COCC(C)(O)CNC(=O)C=Cc1ccccc1Cl. The number of halogens is 1. The number of benzene rings is 1. The Hall–Kier alpha value is -1.36. The van der Waals surface area contributed by atoms with Crippen molar-refractivity contribution in [3.05, 3.63) is 40.9 Å². The molecule has 5 heteroatoms. The van der Waals surface area contributed by atoms with Gasteiger partial charge in [-0.1, -0.05) is 29.8 Å². The Kier molecular flexibility index (Phi) is 6.02. The van der Waals surface area contributed by atoms with Crippen LogP contribution in [0, 0.1) is 0 Å². The molecule has 0 bridgehead atoms. The third-order valence-corrected chi connectivity index (χ3v) is 2.76. The van der Waals surface area contributed by atoms with Gasteiger partial charge < -0.3 is 15.2 Å². The lowest BCUT2D eigenvalue weighted by Crippen LogP contribution is -2.43. The second-order valence-electron chi connectivity index (χ2n) is 4.50.